The summed E-state index contributed by atoms with van der Waals surface area (Å²) in [7, 11) is 1.70. The quantitative estimate of drug-likeness (QED) is 0.201. The number of nitrogens with one attached hydrogen (secondary N) is 2. The third-order valence-corrected chi connectivity index (χ3v) is 2.58. The number of rotatable bonds is 5. The average Bonchev–Trinajstić information content (AvgIpc) is 2.14. The summed E-state index contributed by atoms with van der Waals surface area (Å²) in [6, 6.07) is 0.411. The van der Waals surface area contributed by atoms with Crippen molar-refractivity contribution in [3.63, 3.8) is 0 Å². The molecule has 0 rings (SSSR count). The van der Waals surface area contributed by atoms with Gasteiger partial charge >= 0.3 is 0 Å². The number of guanidine groups is 1. The highest BCUT2D eigenvalue weighted by Crippen LogP contribution is 2.03. The van der Waals surface area contributed by atoms with Crippen LogP contribution >= 0.6 is 11.8 Å². The van der Waals surface area contributed by atoms with Gasteiger partial charge in [-0.2, -0.15) is 11.8 Å². The monoisotopic (exact) mass is 204 g/mol. The van der Waals surface area contributed by atoms with E-state index in [-0.39, 0.29) is 0 Å². The number of thioether (sulfide) groups is 1. The predicted molar refractivity (Wildman–Crippen MR) is 60.9 cm³/mol. The summed E-state index contributed by atoms with van der Waals surface area (Å²) < 4.78 is 0. The molecule has 4 N–H and O–H groups in total. The second-order valence-electron chi connectivity index (χ2n) is 2.75. The molecule has 0 saturated heterocycles. The molecule has 0 aliphatic rings. The van der Waals surface area contributed by atoms with Crippen molar-refractivity contribution >= 4 is 17.7 Å². The van der Waals surface area contributed by atoms with Gasteiger partial charge in [-0.25, -0.2) is 5.84 Å². The zero-order chi connectivity index (χ0) is 10.1. The van der Waals surface area contributed by atoms with Crippen LogP contribution in [-0.4, -0.2) is 30.6 Å². The SMILES string of the molecule is CCSCCC(C)NC(=NC)NN. The lowest BCUT2D eigenvalue weighted by molar-refractivity contribution is 0.632. The van der Waals surface area contributed by atoms with Crippen molar-refractivity contribution < 1.29 is 0 Å². The van der Waals surface area contributed by atoms with Crippen molar-refractivity contribution in [2.75, 3.05) is 18.6 Å². The van der Waals surface area contributed by atoms with Crippen molar-refractivity contribution in [1.82, 2.24) is 10.7 Å². The summed E-state index contributed by atoms with van der Waals surface area (Å²) in [5, 5.41) is 3.18. The maximum Gasteiger partial charge on any atom is 0.205 e. The Morgan fingerprint density at radius 2 is 2.31 bits per heavy atom. The number of hydrazine groups is 1. The predicted octanol–water partition coefficient (Wildman–Crippen LogP) is 0.557. The molecule has 0 radical (unpaired) electrons. The Hall–Kier alpha value is -0.420. The molecule has 0 aromatic carbocycles. The highest BCUT2D eigenvalue weighted by Gasteiger charge is 2.02. The Balaban J connectivity index is 3.54. The van der Waals surface area contributed by atoms with Crippen molar-refractivity contribution in [3.05, 3.63) is 0 Å². The van der Waals surface area contributed by atoms with Crippen molar-refractivity contribution in [2.24, 2.45) is 10.8 Å². The first-order valence-electron chi connectivity index (χ1n) is 4.52. The van der Waals surface area contributed by atoms with Crippen LogP contribution in [0.15, 0.2) is 4.99 Å². The van der Waals surface area contributed by atoms with Gasteiger partial charge in [-0.1, -0.05) is 6.92 Å². The molecule has 0 fully saturated rings. The second kappa shape index (κ2) is 8.19. The van der Waals surface area contributed by atoms with Crippen LogP contribution in [0.25, 0.3) is 0 Å². The maximum absolute atomic E-state index is 5.24. The van der Waals surface area contributed by atoms with Gasteiger partial charge in [0.05, 0.1) is 0 Å². The van der Waals surface area contributed by atoms with Gasteiger partial charge in [0.2, 0.25) is 5.96 Å². The number of nitrogens with two attached hydrogens (primary N) is 1. The minimum Gasteiger partial charge on any atom is -0.353 e. The van der Waals surface area contributed by atoms with E-state index in [1.807, 2.05) is 11.8 Å². The Kier molecular flexibility index (Phi) is 7.93. The van der Waals surface area contributed by atoms with E-state index in [1.54, 1.807) is 7.05 Å². The summed E-state index contributed by atoms with van der Waals surface area (Å²) >= 11 is 1.95. The molecule has 0 saturated carbocycles. The fraction of sp³-hybridized carbons (Fsp3) is 0.875. The van der Waals surface area contributed by atoms with E-state index >= 15 is 0 Å². The summed E-state index contributed by atoms with van der Waals surface area (Å²) in [6.45, 7) is 4.29. The number of hydrogen-bond acceptors (Lipinski definition) is 3. The fourth-order valence-electron chi connectivity index (χ4n) is 0.881. The molecular weight excluding hydrogens is 184 g/mol. The molecule has 4 nitrogen and oxygen atoms in total. The molecule has 0 aromatic rings. The van der Waals surface area contributed by atoms with Crippen LogP contribution in [0.3, 0.4) is 0 Å². The summed E-state index contributed by atoms with van der Waals surface area (Å²) in [5.41, 5.74) is 2.51. The highest BCUT2D eigenvalue weighted by molar-refractivity contribution is 7.99. The lowest BCUT2D eigenvalue weighted by Crippen LogP contribution is -2.45. The minimum absolute atomic E-state index is 0.411. The van der Waals surface area contributed by atoms with Crippen LogP contribution < -0.4 is 16.6 Å². The standard InChI is InChI=1S/C8H20N4S/c1-4-13-6-5-7(2)11-8(10-3)12-9/h7H,4-6,9H2,1-3H3,(H2,10,11,12). The first-order valence-corrected chi connectivity index (χ1v) is 5.67. The Morgan fingerprint density at radius 3 is 2.77 bits per heavy atom. The van der Waals surface area contributed by atoms with Crippen LogP contribution in [-0.2, 0) is 0 Å². The molecule has 78 valence electrons. The molecule has 0 bridgehead atoms. The molecule has 0 aliphatic carbocycles. The van der Waals surface area contributed by atoms with Crippen molar-refractivity contribution in [2.45, 2.75) is 26.3 Å². The Bertz CT molecular complexity index is 149. The van der Waals surface area contributed by atoms with Gasteiger partial charge in [0, 0.05) is 13.1 Å². The Labute approximate surface area is 84.7 Å². The lowest BCUT2D eigenvalue weighted by Gasteiger charge is -2.15. The van der Waals surface area contributed by atoms with E-state index < -0.39 is 0 Å². The number of aliphatic imine (C=N–C) groups is 1. The van der Waals surface area contributed by atoms with E-state index in [4.69, 9.17) is 5.84 Å². The highest BCUT2D eigenvalue weighted by atomic mass is 32.2. The van der Waals surface area contributed by atoms with Gasteiger partial charge in [0.25, 0.3) is 0 Å². The van der Waals surface area contributed by atoms with Crippen LogP contribution in [0.1, 0.15) is 20.3 Å². The van der Waals surface area contributed by atoms with Gasteiger partial charge in [-0.15, -0.1) is 0 Å². The zero-order valence-corrected chi connectivity index (χ0v) is 9.45. The van der Waals surface area contributed by atoms with E-state index in [0.29, 0.717) is 12.0 Å². The molecule has 0 amide bonds. The normalized spacial score (nSPS) is 14.0. The molecule has 13 heavy (non-hydrogen) atoms. The van der Waals surface area contributed by atoms with Crippen LogP contribution in [0.2, 0.25) is 0 Å². The smallest absolute Gasteiger partial charge is 0.205 e. The molecular formula is C8H20N4S. The van der Waals surface area contributed by atoms with Crippen LogP contribution in [0.4, 0.5) is 0 Å². The third kappa shape index (κ3) is 6.72. The molecule has 1 unspecified atom stereocenters. The van der Waals surface area contributed by atoms with Gasteiger partial charge in [-0.05, 0) is 24.9 Å². The molecule has 0 aromatic heterocycles. The van der Waals surface area contributed by atoms with E-state index in [1.165, 1.54) is 11.5 Å². The van der Waals surface area contributed by atoms with Crippen LogP contribution in [0.5, 0.6) is 0 Å². The minimum atomic E-state index is 0.411. The average molecular weight is 204 g/mol. The zero-order valence-electron chi connectivity index (χ0n) is 8.63. The molecule has 0 heterocycles. The topological polar surface area (TPSA) is 62.4 Å². The lowest BCUT2D eigenvalue weighted by atomic mass is 10.3. The van der Waals surface area contributed by atoms with E-state index in [0.717, 1.165) is 6.42 Å². The van der Waals surface area contributed by atoms with Crippen LogP contribution in [0, 0.1) is 0 Å². The third-order valence-electron chi connectivity index (χ3n) is 1.64. The van der Waals surface area contributed by atoms with Gasteiger partial charge in [0.15, 0.2) is 0 Å². The summed E-state index contributed by atoms with van der Waals surface area (Å²) in [5.74, 6) is 8.24. The maximum atomic E-state index is 5.24. The van der Waals surface area contributed by atoms with Gasteiger partial charge < -0.3 is 5.32 Å². The van der Waals surface area contributed by atoms with Gasteiger partial charge in [0.1, 0.15) is 0 Å². The first kappa shape index (κ1) is 12.6. The molecule has 5 heteroatoms. The number of nitrogens with zero attached hydrogens (tertiary/aromatic N) is 1. The number of hydrogen-bond donors (Lipinski definition) is 3. The van der Waals surface area contributed by atoms with E-state index in [9.17, 15) is 0 Å². The Morgan fingerprint density at radius 1 is 1.62 bits per heavy atom. The largest absolute Gasteiger partial charge is 0.353 e. The fourth-order valence-corrected chi connectivity index (χ4v) is 1.69. The summed E-state index contributed by atoms with van der Waals surface area (Å²) in [6.07, 6.45) is 1.12. The molecule has 1 atom stereocenters. The first-order chi connectivity index (χ1) is 6.24. The van der Waals surface area contributed by atoms with E-state index in [2.05, 4.69) is 29.6 Å². The van der Waals surface area contributed by atoms with Crippen molar-refractivity contribution in [3.8, 4) is 0 Å². The van der Waals surface area contributed by atoms with Crippen molar-refractivity contribution in [1.29, 1.82) is 0 Å². The molecule has 0 aliphatic heterocycles. The molecule has 0 spiro atoms. The second-order valence-corrected chi connectivity index (χ2v) is 4.14. The van der Waals surface area contributed by atoms with Gasteiger partial charge in [-0.3, -0.25) is 10.4 Å². The summed E-state index contributed by atoms with van der Waals surface area (Å²) in [4.78, 5) is 3.94.